The zero-order chi connectivity index (χ0) is 24.0. The Morgan fingerprint density at radius 3 is 2.06 bits per heavy atom. The van der Waals surface area contributed by atoms with Crippen molar-refractivity contribution >= 4 is 6.29 Å². The van der Waals surface area contributed by atoms with Gasteiger partial charge in [-0.1, -0.05) is 82.1 Å². The van der Waals surface area contributed by atoms with Crippen molar-refractivity contribution in [2.45, 2.75) is 78.1 Å². The minimum atomic E-state index is -0.445. The molecule has 1 heterocycles. The molecule has 1 saturated heterocycles. The molecule has 0 atom stereocenters. The highest BCUT2D eigenvalue weighted by atomic mass is 16.1. The SMILES string of the molecule is CCC.CCC(C#N)(CC)c1cccc(C=O)c1.Cc1ccc(C2CCN(C)CC2)cc1. The maximum absolute atomic E-state index is 10.7. The standard InChI is InChI=1S/C13H15NO.C13H19N.C3H8/c1-3-13(4-2,10-14)12-7-5-6-11(8-12)9-15;1-11-3-5-12(6-4-11)13-7-9-14(2)10-8-13;1-3-2/h5-9H,3-4H2,1-2H3;3-6,13H,7-10H2,1-2H3;3H2,1-2H3. The van der Waals surface area contributed by atoms with E-state index in [0.717, 1.165) is 30.6 Å². The maximum atomic E-state index is 10.7. The summed E-state index contributed by atoms with van der Waals surface area (Å²) in [6.45, 7) is 12.9. The van der Waals surface area contributed by atoms with Gasteiger partial charge in [-0.2, -0.15) is 5.26 Å². The second-order valence-corrected chi connectivity index (χ2v) is 8.84. The van der Waals surface area contributed by atoms with E-state index < -0.39 is 5.41 Å². The van der Waals surface area contributed by atoms with Crippen LogP contribution in [0, 0.1) is 18.3 Å². The van der Waals surface area contributed by atoms with Crippen LogP contribution in [-0.2, 0) is 5.41 Å². The van der Waals surface area contributed by atoms with Gasteiger partial charge in [-0.15, -0.1) is 0 Å². The smallest absolute Gasteiger partial charge is 0.150 e. The van der Waals surface area contributed by atoms with Crippen LogP contribution in [0.2, 0.25) is 0 Å². The van der Waals surface area contributed by atoms with Crippen molar-refractivity contribution in [2.24, 2.45) is 0 Å². The average molecular weight is 435 g/mol. The van der Waals surface area contributed by atoms with Crippen LogP contribution >= 0.6 is 0 Å². The summed E-state index contributed by atoms with van der Waals surface area (Å²) in [5.74, 6) is 0.798. The van der Waals surface area contributed by atoms with Gasteiger partial charge in [0.1, 0.15) is 6.29 Å². The zero-order valence-electron chi connectivity index (χ0n) is 21.0. The lowest BCUT2D eigenvalue weighted by molar-refractivity contribution is 0.112. The van der Waals surface area contributed by atoms with E-state index in [1.807, 2.05) is 32.0 Å². The second-order valence-electron chi connectivity index (χ2n) is 8.84. The third-order valence-corrected chi connectivity index (χ3v) is 6.26. The van der Waals surface area contributed by atoms with E-state index >= 15 is 0 Å². The van der Waals surface area contributed by atoms with Gasteiger partial charge in [0.25, 0.3) is 0 Å². The molecule has 3 nitrogen and oxygen atoms in total. The topological polar surface area (TPSA) is 44.1 Å². The lowest BCUT2D eigenvalue weighted by Gasteiger charge is -2.29. The molecule has 0 unspecified atom stereocenters. The molecule has 2 aromatic carbocycles. The van der Waals surface area contributed by atoms with E-state index in [0.29, 0.717) is 5.56 Å². The predicted molar refractivity (Wildman–Crippen MR) is 136 cm³/mol. The number of rotatable bonds is 5. The summed E-state index contributed by atoms with van der Waals surface area (Å²) >= 11 is 0. The van der Waals surface area contributed by atoms with Gasteiger partial charge in [-0.25, -0.2) is 0 Å². The molecule has 3 rings (SSSR count). The molecule has 0 aromatic heterocycles. The Morgan fingerprint density at radius 1 is 1.03 bits per heavy atom. The number of piperidine rings is 1. The highest BCUT2D eigenvalue weighted by Gasteiger charge is 2.28. The summed E-state index contributed by atoms with van der Waals surface area (Å²) in [4.78, 5) is 13.1. The third kappa shape index (κ3) is 8.24. The largest absolute Gasteiger partial charge is 0.306 e. The zero-order valence-corrected chi connectivity index (χ0v) is 21.0. The molecule has 1 aliphatic rings. The van der Waals surface area contributed by atoms with Crippen LogP contribution in [0.15, 0.2) is 48.5 Å². The first-order valence-electron chi connectivity index (χ1n) is 12.1. The summed E-state index contributed by atoms with van der Waals surface area (Å²) in [7, 11) is 2.21. The van der Waals surface area contributed by atoms with Gasteiger partial charge >= 0.3 is 0 Å². The van der Waals surface area contributed by atoms with Gasteiger partial charge in [0.05, 0.1) is 11.5 Å². The van der Waals surface area contributed by atoms with Crippen molar-refractivity contribution in [2.75, 3.05) is 20.1 Å². The Morgan fingerprint density at radius 2 is 1.59 bits per heavy atom. The monoisotopic (exact) mass is 434 g/mol. The first-order chi connectivity index (χ1) is 15.4. The Bertz CT molecular complexity index is 823. The Kier molecular flexibility index (Phi) is 12.6. The van der Waals surface area contributed by atoms with Gasteiger partial charge in [0, 0.05) is 5.56 Å². The Balaban J connectivity index is 0.000000286. The Labute approximate surface area is 196 Å². The first-order valence-corrected chi connectivity index (χ1v) is 12.1. The molecule has 1 aliphatic heterocycles. The molecule has 1 fully saturated rings. The van der Waals surface area contributed by atoms with E-state index in [-0.39, 0.29) is 0 Å². The molecule has 3 heteroatoms. The van der Waals surface area contributed by atoms with Crippen LogP contribution in [0.5, 0.6) is 0 Å². The number of nitrogens with zero attached hydrogens (tertiary/aromatic N) is 2. The summed E-state index contributed by atoms with van der Waals surface area (Å²) in [6.07, 6.45) is 6.24. The molecular formula is C29H42N2O. The number of carbonyl (C=O) groups is 1. The van der Waals surface area contributed by atoms with Gasteiger partial charge in [0.2, 0.25) is 0 Å². The van der Waals surface area contributed by atoms with Crippen molar-refractivity contribution in [3.8, 4) is 6.07 Å². The van der Waals surface area contributed by atoms with E-state index in [9.17, 15) is 10.1 Å². The van der Waals surface area contributed by atoms with Gasteiger partial charge in [-0.05, 0) is 75.9 Å². The van der Waals surface area contributed by atoms with E-state index in [2.05, 4.69) is 63.1 Å². The normalized spacial score (nSPS) is 14.3. The minimum absolute atomic E-state index is 0.445. The minimum Gasteiger partial charge on any atom is -0.306 e. The van der Waals surface area contributed by atoms with Crippen molar-refractivity contribution in [3.05, 3.63) is 70.8 Å². The van der Waals surface area contributed by atoms with Crippen LogP contribution in [-0.4, -0.2) is 31.3 Å². The van der Waals surface area contributed by atoms with Gasteiger partial charge in [0.15, 0.2) is 0 Å². The molecule has 0 aliphatic carbocycles. The molecule has 0 amide bonds. The number of aryl methyl sites for hydroxylation is 1. The molecule has 32 heavy (non-hydrogen) atoms. The summed E-state index contributed by atoms with van der Waals surface area (Å²) < 4.78 is 0. The molecule has 174 valence electrons. The second kappa shape index (κ2) is 14.6. The Hall–Kier alpha value is -2.44. The summed E-state index contributed by atoms with van der Waals surface area (Å²) in [5.41, 5.74) is 4.03. The number of benzene rings is 2. The summed E-state index contributed by atoms with van der Waals surface area (Å²) in [5, 5.41) is 9.26. The highest BCUT2D eigenvalue weighted by Crippen LogP contribution is 2.31. The fourth-order valence-electron chi connectivity index (χ4n) is 3.97. The molecule has 2 aromatic rings. The van der Waals surface area contributed by atoms with Crippen LogP contribution in [0.4, 0.5) is 0 Å². The van der Waals surface area contributed by atoms with E-state index in [4.69, 9.17) is 0 Å². The van der Waals surface area contributed by atoms with Crippen LogP contribution < -0.4 is 0 Å². The van der Waals surface area contributed by atoms with E-state index in [1.165, 1.54) is 43.5 Å². The molecule has 0 saturated carbocycles. The first kappa shape index (κ1) is 27.6. The highest BCUT2D eigenvalue weighted by molar-refractivity contribution is 5.75. The number of hydrogen-bond acceptors (Lipinski definition) is 3. The molecular weight excluding hydrogens is 392 g/mol. The van der Waals surface area contributed by atoms with Crippen molar-refractivity contribution in [1.29, 1.82) is 5.26 Å². The fourth-order valence-corrected chi connectivity index (χ4v) is 3.97. The average Bonchev–Trinajstić information content (AvgIpc) is 2.83. The molecule has 0 radical (unpaired) electrons. The predicted octanol–water partition coefficient (Wildman–Crippen LogP) is 7.30. The van der Waals surface area contributed by atoms with Crippen LogP contribution in [0.1, 0.15) is 92.8 Å². The van der Waals surface area contributed by atoms with Crippen LogP contribution in [0.25, 0.3) is 0 Å². The lowest BCUT2D eigenvalue weighted by atomic mass is 9.77. The van der Waals surface area contributed by atoms with Crippen molar-refractivity contribution < 1.29 is 4.79 Å². The summed E-state index contributed by atoms with van der Waals surface area (Å²) in [6, 6.07) is 18.7. The quantitative estimate of drug-likeness (QED) is 0.464. The lowest BCUT2D eigenvalue weighted by Crippen LogP contribution is -2.29. The van der Waals surface area contributed by atoms with E-state index in [1.54, 1.807) is 6.07 Å². The number of nitriles is 1. The number of aldehydes is 1. The van der Waals surface area contributed by atoms with Gasteiger partial charge in [-0.3, -0.25) is 4.79 Å². The fraction of sp³-hybridized carbons (Fsp3) is 0.517. The van der Waals surface area contributed by atoms with Gasteiger partial charge < -0.3 is 4.90 Å². The molecule has 0 N–H and O–H groups in total. The van der Waals surface area contributed by atoms with Crippen molar-refractivity contribution in [1.82, 2.24) is 4.90 Å². The number of likely N-dealkylation sites (tertiary alicyclic amines) is 1. The molecule has 0 spiro atoms. The molecule has 0 bridgehead atoms. The third-order valence-electron chi connectivity index (χ3n) is 6.26. The number of carbonyl (C=O) groups excluding carboxylic acids is 1. The number of hydrogen-bond donors (Lipinski definition) is 0. The van der Waals surface area contributed by atoms with Crippen LogP contribution in [0.3, 0.4) is 0 Å². The maximum Gasteiger partial charge on any atom is 0.150 e. The van der Waals surface area contributed by atoms with Crippen molar-refractivity contribution in [3.63, 3.8) is 0 Å².